The molecule has 3 aromatic rings. The van der Waals surface area contributed by atoms with Crippen molar-refractivity contribution in [1.29, 1.82) is 0 Å². The standard InChI is InChI=1S/C15H17FN4O2S2/c1-9(2)13-14(20-15(18-13)23-10(3)19-20)24(21,22)17-8-11-6-4-5-7-12(11)16/h4-7,9,17H,8H2,1-3H3. The van der Waals surface area contributed by atoms with Crippen LogP contribution in [0.25, 0.3) is 4.96 Å². The molecule has 2 heterocycles. The molecule has 0 aliphatic rings. The molecule has 128 valence electrons. The summed E-state index contributed by atoms with van der Waals surface area (Å²) in [6, 6.07) is 6.06. The maximum absolute atomic E-state index is 13.7. The van der Waals surface area contributed by atoms with Crippen LogP contribution in [0.5, 0.6) is 0 Å². The van der Waals surface area contributed by atoms with Crippen LogP contribution >= 0.6 is 11.3 Å². The summed E-state index contributed by atoms with van der Waals surface area (Å²) in [5.74, 6) is -0.536. The van der Waals surface area contributed by atoms with E-state index in [1.165, 1.54) is 21.9 Å². The number of rotatable bonds is 5. The molecule has 3 rings (SSSR count). The fourth-order valence-corrected chi connectivity index (χ4v) is 4.55. The third-order valence-corrected chi connectivity index (χ3v) is 5.74. The van der Waals surface area contributed by atoms with Gasteiger partial charge in [0.25, 0.3) is 10.0 Å². The molecular weight excluding hydrogens is 351 g/mol. The summed E-state index contributed by atoms with van der Waals surface area (Å²) in [5.41, 5.74) is 0.733. The molecule has 1 aromatic carbocycles. The first-order valence-electron chi connectivity index (χ1n) is 7.38. The molecule has 0 fully saturated rings. The lowest BCUT2D eigenvalue weighted by molar-refractivity contribution is 0.564. The van der Waals surface area contributed by atoms with Crippen LogP contribution in [0, 0.1) is 12.7 Å². The van der Waals surface area contributed by atoms with Crippen molar-refractivity contribution in [1.82, 2.24) is 19.3 Å². The molecule has 1 N–H and O–H groups in total. The number of halogens is 1. The maximum Gasteiger partial charge on any atom is 0.260 e. The highest BCUT2D eigenvalue weighted by atomic mass is 32.2. The Morgan fingerprint density at radius 3 is 2.71 bits per heavy atom. The second-order valence-electron chi connectivity index (χ2n) is 5.69. The Balaban J connectivity index is 2.01. The van der Waals surface area contributed by atoms with E-state index in [-0.39, 0.29) is 23.1 Å². The fraction of sp³-hybridized carbons (Fsp3) is 0.333. The van der Waals surface area contributed by atoms with Crippen molar-refractivity contribution in [3.05, 3.63) is 46.3 Å². The lowest BCUT2D eigenvalue weighted by Crippen LogP contribution is -2.26. The van der Waals surface area contributed by atoms with Gasteiger partial charge in [0.05, 0.1) is 5.69 Å². The van der Waals surface area contributed by atoms with Gasteiger partial charge in [-0.2, -0.15) is 9.61 Å². The SMILES string of the molecule is Cc1nn2c(S(=O)(=O)NCc3ccccc3F)c(C(C)C)nc2s1. The predicted molar refractivity (Wildman–Crippen MR) is 90.1 cm³/mol. The van der Waals surface area contributed by atoms with Crippen LogP contribution in [0.1, 0.15) is 36.0 Å². The number of imidazole rings is 1. The van der Waals surface area contributed by atoms with E-state index in [4.69, 9.17) is 0 Å². The first-order valence-corrected chi connectivity index (χ1v) is 9.68. The third kappa shape index (κ3) is 3.06. The molecule has 0 aliphatic heterocycles. The molecule has 0 bridgehead atoms. The minimum atomic E-state index is -3.89. The number of hydrogen-bond donors (Lipinski definition) is 1. The van der Waals surface area contributed by atoms with Crippen LogP contribution in [0.2, 0.25) is 0 Å². The van der Waals surface area contributed by atoms with Crippen LogP contribution in [-0.2, 0) is 16.6 Å². The van der Waals surface area contributed by atoms with Gasteiger partial charge in [0.2, 0.25) is 4.96 Å². The van der Waals surface area contributed by atoms with Crippen LogP contribution in [0.15, 0.2) is 29.3 Å². The Hall–Kier alpha value is -1.84. The summed E-state index contributed by atoms with van der Waals surface area (Å²) < 4.78 is 43.1. The summed E-state index contributed by atoms with van der Waals surface area (Å²) in [4.78, 5) is 4.93. The molecule has 2 aromatic heterocycles. The quantitative estimate of drug-likeness (QED) is 0.751. The van der Waals surface area contributed by atoms with Gasteiger partial charge < -0.3 is 0 Å². The van der Waals surface area contributed by atoms with E-state index in [0.29, 0.717) is 10.7 Å². The smallest absolute Gasteiger partial charge is 0.221 e. The number of fused-ring (bicyclic) bond motifs is 1. The first-order chi connectivity index (χ1) is 11.3. The lowest BCUT2D eigenvalue weighted by atomic mass is 10.2. The number of aromatic nitrogens is 3. The van der Waals surface area contributed by atoms with Gasteiger partial charge in [-0.25, -0.2) is 22.5 Å². The first kappa shape index (κ1) is 17.0. The number of aryl methyl sites for hydroxylation is 1. The molecule has 6 nitrogen and oxygen atoms in total. The molecule has 0 aliphatic carbocycles. The zero-order valence-corrected chi connectivity index (χ0v) is 15.1. The van der Waals surface area contributed by atoms with E-state index in [1.807, 2.05) is 13.8 Å². The van der Waals surface area contributed by atoms with Crippen LogP contribution in [0.3, 0.4) is 0 Å². The molecule has 0 saturated carbocycles. The summed E-state index contributed by atoms with van der Waals surface area (Å²) >= 11 is 1.33. The molecule has 0 spiro atoms. The van der Waals surface area contributed by atoms with E-state index in [0.717, 1.165) is 5.01 Å². The average molecular weight is 368 g/mol. The van der Waals surface area contributed by atoms with Crippen molar-refractivity contribution >= 4 is 26.3 Å². The number of benzene rings is 1. The monoisotopic (exact) mass is 368 g/mol. The molecule has 0 saturated heterocycles. The second kappa shape index (κ2) is 6.23. The van der Waals surface area contributed by atoms with Crippen molar-refractivity contribution in [3.63, 3.8) is 0 Å². The van der Waals surface area contributed by atoms with Crippen molar-refractivity contribution < 1.29 is 12.8 Å². The molecule has 0 unspecified atom stereocenters. The third-order valence-electron chi connectivity index (χ3n) is 3.50. The van der Waals surface area contributed by atoms with Crippen molar-refractivity contribution in [2.75, 3.05) is 0 Å². The zero-order valence-electron chi connectivity index (χ0n) is 13.4. The molecule has 0 atom stereocenters. The largest absolute Gasteiger partial charge is 0.260 e. The van der Waals surface area contributed by atoms with Crippen LogP contribution in [0.4, 0.5) is 4.39 Å². The maximum atomic E-state index is 13.7. The minimum Gasteiger partial charge on any atom is -0.221 e. The van der Waals surface area contributed by atoms with Gasteiger partial charge in [-0.15, -0.1) is 0 Å². The van der Waals surface area contributed by atoms with Gasteiger partial charge >= 0.3 is 0 Å². The predicted octanol–water partition coefficient (Wildman–Crippen LogP) is 2.84. The Kier molecular flexibility index (Phi) is 4.41. The number of sulfonamides is 1. The van der Waals surface area contributed by atoms with E-state index >= 15 is 0 Å². The zero-order chi connectivity index (χ0) is 17.5. The van der Waals surface area contributed by atoms with Gasteiger partial charge in [-0.05, 0) is 18.9 Å². The van der Waals surface area contributed by atoms with Crippen LogP contribution in [-0.4, -0.2) is 23.0 Å². The highest BCUT2D eigenvalue weighted by Crippen LogP contribution is 2.27. The second-order valence-corrected chi connectivity index (χ2v) is 8.53. The average Bonchev–Trinajstić information content (AvgIpc) is 3.02. The molecule has 0 radical (unpaired) electrons. The van der Waals surface area contributed by atoms with E-state index in [2.05, 4.69) is 14.8 Å². The Bertz CT molecular complexity index is 992. The molecule has 0 amide bonds. The van der Waals surface area contributed by atoms with E-state index < -0.39 is 15.8 Å². The topological polar surface area (TPSA) is 76.4 Å². The molecule has 9 heteroatoms. The summed E-state index contributed by atoms with van der Waals surface area (Å²) in [6.45, 7) is 5.39. The van der Waals surface area contributed by atoms with Gasteiger partial charge in [0.15, 0.2) is 5.03 Å². The van der Waals surface area contributed by atoms with Crippen molar-refractivity contribution in [2.24, 2.45) is 0 Å². The lowest BCUT2D eigenvalue weighted by Gasteiger charge is -2.09. The van der Waals surface area contributed by atoms with Gasteiger partial charge in [-0.1, -0.05) is 43.4 Å². The van der Waals surface area contributed by atoms with Crippen molar-refractivity contribution in [3.8, 4) is 0 Å². The normalized spacial score (nSPS) is 12.4. The summed E-state index contributed by atoms with van der Waals surface area (Å²) in [6.07, 6.45) is 0. The summed E-state index contributed by atoms with van der Waals surface area (Å²) in [7, 11) is -3.89. The van der Waals surface area contributed by atoms with Gasteiger partial charge in [0.1, 0.15) is 10.8 Å². The number of hydrogen-bond acceptors (Lipinski definition) is 5. The Morgan fingerprint density at radius 1 is 1.33 bits per heavy atom. The fourth-order valence-electron chi connectivity index (χ4n) is 2.35. The molecule has 24 heavy (non-hydrogen) atoms. The number of nitrogens with one attached hydrogen (secondary N) is 1. The van der Waals surface area contributed by atoms with Gasteiger partial charge in [-0.3, -0.25) is 0 Å². The highest BCUT2D eigenvalue weighted by molar-refractivity contribution is 7.89. The Morgan fingerprint density at radius 2 is 2.04 bits per heavy atom. The van der Waals surface area contributed by atoms with Crippen molar-refractivity contribution in [2.45, 2.75) is 38.3 Å². The van der Waals surface area contributed by atoms with Crippen LogP contribution < -0.4 is 4.72 Å². The highest BCUT2D eigenvalue weighted by Gasteiger charge is 2.28. The summed E-state index contributed by atoms with van der Waals surface area (Å²) in [5, 5.41) is 4.98. The minimum absolute atomic E-state index is 0.0215. The number of nitrogens with zero attached hydrogens (tertiary/aromatic N) is 3. The van der Waals surface area contributed by atoms with E-state index in [9.17, 15) is 12.8 Å². The molecular formula is C15H17FN4O2S2. The Labute approximate surface area is 143 Å². The van der Waals surface area contributed by atoms with E-state index in [1.54, 1.807) is 25.1 Å². The van der Waals surface area contributed by atoms with Gasteiger partial charge in [0, 0.05) is 12.1 Å².